The lowest BCUT2D eigenvalue weighted by atomic mass is 10.1. The van der Waals surface area contributed by atoms with Gasteiger partial charge in [-0.15, -0.1) is 0 Å². The molecule has 5 rings (SSSR count). The third-order valence-electron chi connectivity index (χ3n) is 4.82. The van der Waals surface area contributed by atoms with E-state index in [1.165, 1.54) is 11.3 Å². The first-order chi connectivity index (χ1) is 14.1. The molecule has 0 aliphatic carbocycles. The molecule has 4 heterocycles. The number of anilines is 1. The van der Waals surface area contributed by atoms with Gasteiger partial charge in [0.2, 0.25) is 0 Å². The number of thiazole rings is 1. The monoisotopic (exact) mass is 399 g/mol. The fourth-order valence-electron chi connectivity index (χ4n) is 3.35. The molecule has 4 aromatic heterocycles. The number of rotatable bonds is 3. The lowest BCUT2D eigenvalue weighted by Gasteiger charge is -2.10. The van der Waals surface area contributed by atoms with E-state index < -0.39 is 0 Å². The number of imidazole rings is 1. The molecular weight excluding hydrogens is 382 g/mol. The van der Waals surface area contributed by atoms with E-state index in [0.717, 1.165) is 37.8 Å². The summed E-state index contributed by atoms with van der Waals surface area (Å²) in [6, 6.07) is 15.5. The van der Waals surface area contributed by atoms with Crippen LogP contribution in [0.2, 0.25) is 0 Å². The zero-order chi connectivity index (χ0) is 20.0. The fourth-order valence-corrected chi connectivity index (χ4v) is 4.26. The molecule has 0 aliphatic heterocycles. The summed E-state index contributed by atoms with van der Waals surface area (Å²) in [6.45, 7) is 3.82. The predicted molar refractivity (Wildman–Crippen MR) is 115 cm³/mol. The van der Waals surface area contributed by atoms with E-state index in [0.29, 0.717) is 11.4 Å². The largest absolute Gasteiger partial charge is 0.320 e. The second-order valence-electron chi connectivity index (χ2n) is 6.81. The van der Waals surface area contributed by atoms with Crippen LogP contribution in [0.25, 0.3) is 26.6 Å². The average Bonchev–Trinajstić information content (AvgIpc) is 3.29. The van der Waals surface area contributed by atoms with Gasteiger partial charge < -0.3 is 5.32 Å². The zero-order valence-electron chi connectivity index (χ0n) is 15.9. The normalized spacial score (nSPS) is 11.2. The number of aromatic nitrogens is 4. The standard InChI is InChI=1S/C22H17N5OS/c1-13-8-9-15(21-26-16-6-5-10-23-22(16)29-21)12-17(13)25-20(28)19-14(2)24-18-7-3-4-11-27(18)19/h3-12H,1-2H3,(H,25,28). The second-order valence-corrected chi connectivity index (χ2v) is 7.78. The van der Waals surface area contributed by atoms with E-state index in [1.54, 1.807) is 6.20 Å². The van der Waals surface area contributed by atoms with Crippen molar-refractivity contribution in [3.63, 3.8) is 0 Å². The summed E-state index contributed by atoms with van der Waals surface area (Å²) in [4.78, 5) is 27.5. The number of benzene rings is 1. The van der Waals surface area contributed by atoms with Gasteiger partial charge in [0.05, 0.1) is 5.69 Å². The number of nitrogens with zero attached hydrogens (tertiary/aromatic N) is 4. The highest BCUT2D eigenvalue weighted by molar-refractivity contribution is 7.21. The molecule has 7 heteroatoms. The van der Waals surface area contributed by atoms with E-state index in [1.807, 2.05) is 73.0 Å². The van der Waals surface area contributed by atoms with Gasteiger partial charge in [0.25, 0.3) is 5.91 Å². The molecule has 0 fully saturated rings. The van der Waals surface area contributed by atoms with Crippen LogP contribution in [-0.2, 0) is 0 Å². The Morgan fingerprint density at radius 1 is 1.07 bits per heavy atom. The molecule has 0 aliphatic rings. The number of nitrogens with one attached hydrogen (secondary N) is 1. The molecule has 6 nitrogen and oxygen atoms in total. The van der Waals surface area contributed by atoms with Gasteiger partial charge in [0.15, 0.2) is 0 Å². The van der Waals surface area contributed by atoms with Crippen molar-refractivity contribution in [1.29, 1.82) is 0 Å². The van der Waals surface area contributed by atoms with E-state index >= 15 is 0 Å². The highest BCUT2D eigenvalue weighted by Gasteiger charge is 2.18. The summed E-state index contributed by atoms with van der Waals surface area (Å²) in [5.74, 6) is -0.188. The van der Waals surface area contributed by atoms with Gasteiger partial charge in [-0.05, 0) is 49.7 Å². The Morgan fingerprint density at radius 2 is 1.97 bits per heavy atom. The van der Waals surface area contributed by atoms with Crippen molar-refractivity contribution in [2.24, 2.45) is 0 Å². The van der Waals surface area contributed by atoms with E-state index in [4.69, 9.17) is 0 Å². The zero-order valence-corrected chi connectivity index (χ0v) is 16.7. The van der Waals surface area contributed by atoms with Crippen molar-refractivity contribution in [2.75, 3.05) is 5.32 Å². The van der Waals surface area contributed by atoms with Gasteiger partial charge in [0.1, 0.15) is 26.7 Å². The number of carbonyl (C=O) groups is 1. The van der Waals surface area contributed by atoms with Crippen LogP contribution in [0.3, 0.4) is 0 Å². The summed E-state index contributed by atoms with van der Waals surface area (Å²) < 4.78 is 1.81. The molecule has 0 saturated carbocycles. The topological polar surface area (TPSA) is 72.2 Å². The summed E-state index contributed by atoms with van der Waals surface area (Å²) in [7, 11) is 0. The number of hydrogen-bond acceptors (Lipinski definition) is 5. The van der Waals surface area contributed by atoms with Crippen molar-refractivity contribution >= 4 is 38.9 Å². The van der Waals surface area contributed by atoms with Crippen LogP contribution in [0.5, 0.6) is 0 Å². The number of aryl methyl sites for hydroxylation is 2. The number of pyridine rings is 2. The van der Waals surface area contributed by atoms with Gasteiger partial charge >= 0.3 is 0 Å². The number of carbonyl (C=O) groups excluding carboxylic acids is 1. The number of hydrogen-bond donors (Lipinski definition) is 1. The Bertz CT molecular complexity index is 1350. The minimum absolute atomic E-state index is 0.188. The van der Waals surface area contributed by atoms with E-state index in [2.05, 4.69) is 20.3 Å². The first kappa shape index (κ1) is 17.5. The molecule has 5 aromatic rings. The van der Waals surface area contributed by atoms with Gasteiger partial charge in [-0.1, -0.05) is 29.5 Å². The maximum Gasteiger partial charge on any atom is 0.274 e. The maximum atomic E-state index is 13.1. The van der Waals surface area contributed by atoms with Crippen LogP contribution < -0.4 is 5.32 Å². The van der Waals surface area contributed by atoms with Crippen LogP contribution in [0.1, 0.15) is 21.7 Å². The van der Waals surface area contributed by atoms with Crippen molar-refractivity contribution in [3.05, 3.63) is 77.9 Å². The van der Waals surface area contributed by atoms with E-state index in [9.17, 15) is 4.79 Å². The minimum atomic E-state index is -0.188. The number of fused-ring (bicyclic) bond motifs is 2. The first-order valence-electron chi connectivity index (χ1n) is 9.18. The highest BCUT2D eigenvalue weighted by Crippen LogP contribution is 2.31. The van der Waals surface area contributed by atoms with Crippen LogP contribution >= 0.6 is 11.3 Å². The highest BCUT2D eigenvalue weighted by atomic mass is 32.1. The fraction of sp³-hybridized carbons (Fsp3) is 0.0909. The quantitative estimate of drug-likeness (QED) is 0.470. The lowest BCUT2D eigenvalue weighted by Crippen LogP contribution is -2.16. The summed E-state index contributed by atoms with van der Waals surface area (Å²) in [5.41, 5.74) is 5.54. The minimum Gasteiger partial charge on any atom is -0.320 e. The molecule has 29 heavy (non-hydrogen) atoms. The maximum absolute atomic E-state index is 13.1. The molecule has 0 atom stereocenters. The molecule has 0 saturated heterocycles. The van der Waals surface area contributed by atoms with Crippen LogP contribution in [-0.4, -0.2) is 25.3 Å². The molecule has 142 valence electrons. The summed E-state index contributed by atoms with van der Waals surface area (Å²) in [6.07, 6.45) is 3.62. The second kappa shape index (κ2) is 6.79. The Balaban J connectivity index is 1.52. The third kappa shape index (κ3) is 3.05. The Kier molecular flexibility index (Phi) is 4.10. The molecule has 0 unspecified atom stereocenters. The molecule has 1 N–H and O–H groups in total. The molecule has 1 amide bonds. The van der Waals surface area contributed by atoms with Gasteiger partial charge in [0, 0.05) is 23.6 Å². The van der Waals surface area contributed by atoms with Crippen molar-refractivity contribution in [1.82, 2.24) is 19.4 Å². The van der Waals surface area contributed by atoms with Crippen LogP contribution in [0.4, 0.5) is 5.69 Å². The molecule has 1 aromatic carbocycles. The SMILES string of the molecule is Cc1ccc(-c2nc3cccnc3s2)cc1NC(=O)c1c(C)nc2ccccn12. The van der Waals surface area contributed by atoms with Gasteiger partial charge in [-0.3, -0.25) is 9.20 Å². The molecule has 0 radical (unpaired) electrons. The number of amides is 1. The van der Waals surface area contributed by atoms with E-state index in [-0.39, 0.29) is 5.91 Å². The summed E-state index contributed by atoms with van der Waals surface area (Å²) >= 11 is 1.54. The molecule has 0 spiro atoms. The van der Waals surface area contributed by atoms with Crippen molar-refractivity contribution in [3.8, 4) is 10.6 Å². The summed E-state index contributed by atoms with van der Waals surface area (Å²) in [5, 5.41) is 3.93. The van der Waals surface area contributed by atoms with Crippen LogP contribution in [0.15, 0.2) is 60.9 Å². The molecular formula is C22H17N5OS. The average molecular weight is 399 g/mol. The smallest absolute Gasteiger partial charge is 0.274 e. The van der Waals surface area contributed by atoms with Crippen molar-refractivity contribution in [2.45, 2.75) is 13.8 Å². The van der Waals surface area contributed by atoms with Gasteiger partial charge in [-0.2, -0.15) is 0 Å². The Hall–Kier alpha value is -3.58. The Labute approximate surface area is 170 Å². The molecule has 0 bridgehead atoms. The first-order valence-corrected chi connectivity index (χ1v) is 9.99. The Morgan fingerprint density at radius 3 is 2.83 bits per heavy atom. The van der Waals surface area contributed by atoms with Gasteiger partial charge in [-0.25, -0.2) is 15.0 Å². The predicted octanol–water partition coefficient (Wildman–Crippen LogP) is 4.88. The van der Waals surface area contributed by atoms with Crippen molar-refractivity contribution < 1.29 is 4.79 Å². The third-order valence-corrected chi connectivity index (χ3v) is 5.85. The lowest BCUT2D eigenvalue weighted by molar-refractivity contribution is 0.102. The van der Waals surface area contributed by atoms with Crippen LogP contribution in [0, 0.1) is 13.8 Å².